The van der Waals surface area contributed by atoms with Crippen LogP contribution in [0.4, 0.5) is 5.69 Å². The fourth-order valence-corrected chi connectivity index (χ4v) is 1.97. The number of rotatable bonds is 4. The predicted molar refractivity (Wildman–Crippen MR) is 83.0 cm³/mol. The van der Waals surface area contributed by atoms with Gasteiger partial charge in [-0.2, -0.15) is 0 Å². The summed E-state index contributed by atoms with van der Waals surface area (Å²) >= 11 is 5.99. The topological polar surface area (TPSA) is 30.8 Å². The van der Waals surface area contributed by atoms with Gasteiger partial charge in [0, 0.05) is 16.8 Å². The summed E-state index contributed by atoms with van der Waals surface area (Å²) in [5.74, 6) is 1.50. The molecule has 0 fully saturated rings. The molecule has 2 rings (SSSR count). The highest BCUT2D eigenvalue weighted by molar-refractivity contribution is 6.30. The summed E-state index contributed by atoms with van der Waals surface area (Å²) in [7, 11) is 3.26. The van der Waals surface area contributed by atoms with E-state index in [2.05, 4.69) is 4.99 Å². The summed E-state index contributed by atoms with van der Waals surface area (Å²) in [4.78, 5) is 4.48. The Hall–Kier alpha value is -2.00. The molecule has 3 nitrogen and oxygen atoms in total. The molecule has 2 aromatic rings. The minimum atomic E-state index is 0.667. The molecule has 0 amide bonds. The molecule has 0 spiro atoms. The molecule has 0 atom stereocenters. The second kappa shape index (κ2) is 6.44. The number of halogens is 1. The summed E-state index contributed by atoms with van der Waals surface area (Å²) in [6, 6.07) is 11.2. The molecule has 2 aromatic carbocycles. The number of ether oxygens (including phenoxy) is 2. The average molecular weight is 290 g/mol. The van der Waals surface area contributed by atoms with Crippen molar-refractivity contribution in [2.75, 3.05) is 14.2 Å². The zero-order valence-corrected chi connectivity index (χ0v) is 12.4. The van der Waals surface area contributed by atoms with E-state index >= 15 is 0 Å². The van der Waals surface area contributed by atoms with Crippen molar-refractivity contribution in [2.45, 2.75) is 6.92 Å². The molecule has 0 unspecified atom stereocenters. The van der Waals surface area contributed by atoms with Gasteiger partial charge in [0.1, 0.15) is 11.5 Å². The van der Waals surface area contributed by atoms with Crippen LogP contribution in [0.3, 0.4) is 0 Å². The summed E-state index contributed by atoms with van der Waals surface area (Å²) in [6.07, 6.45) is 1.75. The van der Waals surface area contributed by atoms with Gasteiger partial charge in [0.25, 0.3) is 0 Å². The monoisotopic (exact) mass is 289 g/mol. The smallest absolute Gasteiger partial charge is 0.127 e. The zero-order valence-electron chi connectivity index (χ0n) is 11.7. The first-order valence-electron chi connectivity index (χ1n) is 6.16. The van der Waals surface area contributed by atoms with E-state index in [1.807, 2.05) is 43.3 Å². The lowest BCUT2D eigenvalue weighted by Crippen LogP contribution is -1.92. The van der Waals surface area contributed by atoms with Crippen molar-refractivity contribution < 1.29 is 9.47 Å². The highest BCUT2D eigenvalue weighted by Crippen LogP contribution is 2.25. The normalized spacial score (nSPS) is 10.8. The van der Waals surface area contributed by atoms with Crippen LogP contribution in [0, 0.1) is 6.92 Å². The lowest BCUT2D eigenvalue weighted by Gasteiger charge is -2.07. The molecule has 0 N–H and O–H groups in total. The van der Waals surface area contributed by atoms with Crippen molar-refractivity contribution in [3.63, 3.8) is 0 Å². The lowest BCUT2D eigenvalue weighted by atomic mass is 10.2. The zero-order chi connectivity index (χ0) is 14.5. The highest BCUT2D eigenvalue weighted by atomic mass is 35.5. The number of aryl methyl sites for hydroxylation is 1. The molecule has 0 saturated carbocycles. The molecule has 104 valence electrons. The van der Waals surface area contributed by atoms with Gasteiger partial charge in [-0.15, -0.1) is 0 Å². The third kappa shape index (κ3) is 3.31. The molecule has 0 aliphatic rings. The third-order valence-corrected chi connectivity index (χ3v) is 3.19. The number of hydrogen-bond donors (Lipinski definition) is 0. The van der Waals surface area contributed by atoms with E-state index in [4.69, 9.17) is 21.1 Å². The fraction of sp³-hybridized carbons (Fsp3) is 0.188. The number of aliphatic imine (C=N–C) groups is 1. The van der Waals surface area contributed by atoms with E-state index < -0.39 is 0 Å². The Kier molecular flexibility index (Phi) is 4.64. The quantitative estimate of drug-likeness (QED) is 0.780. The maximum absolute atomic E-state index is 5.99. The van der Waals surface area contributed by atoms with E-state index in [0.717, 1.165) is 28.3 Å². The standard InChI is InChI=1S/C16H16ClNO2/c1-11-4-5-13(17)9-15(11)18-10-12-8-14(19-2)6-7-16(12)20-3/h4-10H,1-3H3. The first kappa shape index (κ1) is 14.4. The van der Waals surface area contributed by atoms with E-state index in [9.17, 15) is 0 Å². The van der Waals surface area contributed by atoms with E-state index in [-0.39, 0.29) is 0 Å². The fourth-order valence-electron chi connectivity index (χ4n) is 1.80. The molecule has 0 radical (unpaired) electrons. The van der Waals surface area contributed by atoms with Crippen molar-refractivity contribution in [2.24, 2.45) is 4.99 Å². The van der Waals surface area contributed by atoms with Crippen molar-refractivity contribution >= 4 is 23.5 Å². The van der Waals surface area contributed by atoms with Crippen LogP contribution in [0.5, 0.6) is 11.5 Å². The predicted octanol–water partition coefficient (Wildman–Crippen LogP) is 4.42. The molecule has 0 saturated heterocycles. The lowest BCUT2D eigenvalue weighted by molar-refractivity contribution is 0.402. The Morgan fingerprint density at radius 2 is 1.85 bits per heavy atom. The van der Waals surface area contributed by atoms with Gasteiger partial charge in [-0.3, -0.25) is 4.99 Å². The molecule has 0 heterocycles. The van der Waals surface area contributed by atoms with Gasteiger partial charge in [-0.25, -0.2) is 0 Å². The first-order chi connectivity index (χ1) is 9.63. The second-order valence-corrected chi connectivity index (χ2v) is 4.73. The van der Waals surface area contributed by atoms with Crippen LogP contribution >= 0.6 is 11.6 Å². The van der Waals surface area contributed by atoms with Gasteiger partial charge < -0.3 is 9.47 Å². The summed E-state index contributed by atoms with van der Waals surface area (Å²) in [5, 5.41) is 0.667. The summed E-state index contributed by atoms with van der Waals surface area (Å²) < 4.78 is 10.5. The van der Waals surface area contributed by atoms with Gasteiger partial charge in [-0.1, -0.05) is 17.7 Å². The maximum atomic E-state index is 5.99. The van der Waals surface area contributed by atoms with Crippen LogP contribution in [-0.2, 0) is 0 Å². The Labute approximate surface area is 123 Å². The molecule has 0 aliphatic heterocycles. The van der Waals surface area contributed by atoms with Gasteiger partial charge in [0.05, 0.1) is 19.9 Å². The maximum Gasteiger partial charge on any atom is 0.127 e. The minimum Gasteiger partial charge on any atom is -0.497 e. The van der Waals surface area contributed by atoms with Crippen LogP contribution in [-0.4, -0.2) is 20.4 Å². The van der Waals surface area contributed by atoms with Crippen LogP contribution < -0.4 is 9.47 Å². The first-order valence-corrected chi connectivity index (χ1v) is 6.54. The largest absolute Gasteiger partial charge is 0.497 e. The molecular weight excluding hydrogens is 274 g/mol. The Bertz CT molecular complexity index is 638. The molecule has 0 aliphatic carbocycles. The van der Waals surface area contributed by atoms with Gasteiger partial charge in [-0.05, 0) is 42.8 Å². The highest BCUT2D eigenvalue weighted by Gasteiger charge is 2.03. The third-order valence-electron chi connectivity index (χ3n) is 2.95. The van der Waals surface area contributed by atoms with Crippen molar-refractivity contribution in [1.29, 1.82) is 0 Å². The summed E-state index contributed by atoms with van der Waals surface area (Å²) in [6.45, 7) is 1.99. The van der Waals surface area contributed by atoms with Crippen molar-refractivity contribution in [1.82, 2.24) is 0 Å². The number of hydrogen-bond acceptors (Lipinski definition) is 3. The van der Waals surface area contributed by atoms with Crippen LogP contribution in [0.2, 0.25) is 5.02 Å². The van der Waals surface area contributed by atoms with Gasteiger partial charge >= 0.3 is 0 Å². The average Bonchev–Trinajstić information content (AvgIpc) is 2.47. The minimum absolute atomic E-state index is 0.667. The second-order valence-electron chi connectivity index (χ2n) is 4.30. The number of methoxy groups -OCH3 is 2. The number of nitrogens with zero attached hydrogens (tertiary/aromatic N) is 1. The van der Waals surface area contributed by atoms with E-state index in [1.165, 1.54) is 0 Å². The molecule has 0 bridgehead atoms. The van der Waals surface area contributed by atoms with E-state index in [1.54, 1.807) is 20.4 Å². The SMILES string of the molecule is COc1ccc(OC)c(C=Nc2cc(Cl)ccc2C)c1. The van der Waals surface area contributed by atoms with Gasteiger partial charge in [0.15, 0.2) is 0 Å². The van der Waals surface area contributed by atoms with Crippen molar-refractivity contribution in [3.05, 3.63) is 52.5 Å². The molecule has 4 heteroatoms. The van der Waals surface area contributed by atoms with E-state index in [0.29, 0.717) is 5.02 Å². The van der Waals surface area contributed by atoms with Crippen LogP contribution in [0.15, 0.2) is 41.4 Å². The Morgan fingerprint density at radius 3 is 2.55 bits per heavy atom. The Balaban J connectivity index is 2.37. The Morgan fingerprint density at radius 1 is 1.05 bits per heavy atom. The molecular formula is C16H16ClNO2. The van der Waals surface area contributed by atoms with Crippen molar-refractivity contribution in [3.8, 4) is 11.5 Å². The van der Waals surface area contributed by atoms with Crippen LogP contribution in [0.1, 0.15) is 11.1 Å². The number of benzene rings is 2. The van der Waals surface area contributed by atoms with Crippen LogP contribution in [0.25, 0.3) is 0 Å². The molecule has 0 aromatic heterocycles. The summed E-state index contributed by atoms with van der Waals surface area (Å²) in [5.41, 5.74) is 2.75. The molecule has 20 heavy (non-hydrogen) atoms. The van der Waals surface area contributed by atoms with Gasteiger partial charge in [0.2, 0.25) is 0 Å².